The van der Waals surface area contributed by atoms with Crippen LogP contribution < -0.4 is 38.5 Å². The normalized spacial score (nSPS) is 14.0. The summed E-state index contributed by atoms with van der Waals surface area (Å²) in [4.78, 5) is 67.9. The van der Waals surface area contributed by atoms with Gasteiger partial charge in [-0.25, -0.2) is 4.79 Å². The van der Waals surface area contributed by atoms with Crippen LogP contribution in [0, 0.1) is 0 Å². The first-order valence-corrected chi connectivity index (χ1v) is 14.5. The smallest absolute Gasteiger partial charge is 0.326 e. The van der Waals surface area contributed by atoms with Gasteiger partial charge in [-0.3, -0.25) is 24.2 Å². The first-order chi connectivity index (χ1) is 21.8. The number of guanidine groups is 1. The zero-order valence-electron chi connectivity index (χ0n) is 25.4. The Hall–Kier alpha value is -5.22. The maximum Gasteiger partial charge on any atom is 0.326 e. The maximum atomic E-state index is 13.3. The number of phenols is 1. The molecule has 0 aliphatic heterocycles. The van der Waals surface area contributed by atoms with E-state index in [1.165, 1.54) is 31.2 Å². The van der Waals surface area contributed by atoms with Crippen LogP contribution in [0.2, 0.25) is 0 Å². The van der Waals surface area contributed by atoms with Crippen molar-refractivity contribution < 1.29 is 39.3 Å². The van der Waals surface area contributed by atoms with Gasteiger partial charge in [0.25, 0.3) is 0 Å². The van der Waals surface area contributed by atoms with Crippen LogP contribution in [0.4, 0.5) is 0 Å². The molecule has 0 aromatic heterocycles. The summed E-state index contributed by atoms with van der Waals surface area (Å²) in [6, 6.07) is 8.18. The number of phenolic OH excluding ortho intramolecular Hbond substituents is 1. The molecule has 5 atom stereocenters. The molecular weight excluding hydrogens is 600 g/mol. The van der Waals surface area contributed by atoms with Crippen molar-refractivity contribution in [2.75, 3.05) is 13.2 Å². The molecule has 46 heavy (non-hydrogen) atoms. The average molecular weight is 643 g/mol. The van der Waals surface area contributed by atoms with Crippen molar-refractivity contribution in [3.8, 4) is 5.75 Å². The molecule has 0 aliphatic carbocycles. The number of amides is 4. The number of aliphatic imine (C=N–C) groups is 1. The van der Waals surface area contributed by atoms with Gasteiger partial charge in [-0.05, 0) is 43.0 Å². The first-order valence-electron chi connectivity index (χ1n) is 14.5. The van der Waals surface area contributed by atoms with E-state index in [0.717, 1.165) is 0 Å². The van der Waals surface area contributed by atoms with Crippen molar-refractivity contribution in [3.05, 3.63) is 65.7 Å². The Bertz CT molecular complexity index is 1350. The van der Waals surface area contributed by atoms with Crippen molar-refractivity contribution >= 4 is 35.6 Å². The number of aliphatic hydroxyl groups excluding tert-OH is 1. The molecule has 0 unspecified atom stereocenters. The van der Waals surface area contributed by atoms with Crippen molar-refractivity contribution in [1.29, 1.82) is 0 Å². The number of nitrogens with two attached hydrogens (primary N) is 3. The van der Waals surface area contributed by atoms with Crippen LogP contribution in [0.15, 0.2) is 59.6 Å². The molecule has 0 fully saturated rings. The summed E-state index contributed by atoms with van der Waals surface area (Å²) in [6.07, 6.45) is 0.0945. The monoisotopic (exact) mass is 642 g/mol. The van der Waals surface area contributed by atoms with Gasteiger partial charge in [0, 0.05) is 19.4 Å². The van der Waals surface area contributed by atoms with Crippen molar-refractivity contribution in [1.82, 2.24) is 21.3 Å². The zero-order chi connectivity index (χ0) is 34.2. The van der Waals surface area contributed by atoms with E-state index in [2.05, 4.69) is 26.3 Å². The molecule has 16 nitrogen and oxygen atoms in total. The molecule has 2 aromatic rings. The molecule has 4 amide bonds. The fourth-order valence-electron chi connectivity index (χ4n) is 4.21. The fraction of sp³-hybridized carbons (Fsp3) is 0.400. The highest BCUT2D eigenvalue weighted by molar-refractivity contribution is 5.95. The summed E-state index contributed by atoms with van der Waals surface area (Å²) < 4.78 is 0. The number of benzene rings is 2. The molecular formula is C30H42N8O8. The minimum atomic E-state index is -1.54. The Morgan fingerprint density at radius 3 is 1.80 bits per heavy atom. The number of carboxylic acid groups (broad SMARTS) is 1. The quantitative estimate of drug-likeness (QED) is 0.0464. The van der Waals surface area contributed by atoms with E-state index in [1.807, 2.05) is 0 Å². The predicted octanol–water partition coefficient (Wildman–Crippen LogP) is -2.41. The molecule has 250 valence electrons. The fourth-order valence-corrected chi connectivity index (χ4v) is 4.21. The summed E-state index contributed by atoms with van der Waals surface area (Å²) in [5.41, 5.74) is 17.6. The second-order valence-electron chi connectivity index (χ2n) is 10.6. The number of nitrogens with one attached hydrogen (secondary N) is 4. The highest BCUT2D eigenvalue weighted by atomic mass is 16.4. The second kappa shape index (κ2) is 18.6. The number of rotatable bonds is 18. The minimum absolute atomic E-state index is 0.0172. The summed E-state index contributed by atoms with van der Waals surface area (Å²) in [7, 11) is 0. The number of carboxylic acids is 1. The second-order valence-corrected chi connectivity index (χ2v) is 10.6. The van der Waals surface area contributed by atoms with Crippen LogP contribution in [-0.2, 0) is 36.8 Å². The van der Waals surface area contributed by atoms with Gasteiger partial charge in [0.2, 0.25) is 23.6 Å². The number of carbonyl (C=O) groups excluding carboxylic acids is 4. The maximum absolute atomic E-state index is 13.3. The van der Waals surface area contributed by atoms with E-state index in [-0.39, 0.29) is 43.9 Å². The lowest BCUT2D eigenvalue weighted by atomic mass is 10.0. The van der Waals surface area contributed by atoms with Crippen LogP contribution in [0.5, 0.6) is 5.75 Å². The van der Waals surface area contributed by atoms with Gasteiger partial charge in [0.1, 0.15) is 29.9 Å². The summed E-state index contributed by atoms with van der Waals surface area (Å²) in [5, 5.41) is 39.0. The lowest BCUT2D eigenvalue weighted by Crippen LogP contribution is -2.59. The van der Waals surface area contributed by atoms with Gasteiger partial charge in [-0.15, -0.1) is 0 Å². The number of aliphatic carboxylic acids is 1. The third-order valence-corrected chi connectivity index (χ3v) is 6.71. The molecule has 0 radical (unpaired) electrons. The van der Waals surface area contributed by atoms with Crippen molar-refractivity contribution in [2.45, 2.75) is 62.8 Å². The van der Waals surface area contributed by atoms with Crippen LogP contribution in [-0.4, -0.2) is 94.2 Å². The van der Waals surface area contributed by atoms with E-state index in [1.54, 1.807) is 30.3 Å². The third-order valence-electron chi connectivity index (χ3n) is 6.71. The minimum Gasteiger partial charge on any atom is -0.508 e. The Labute approximate surface area is 265 Å². The predicted molar refractivity (Wildman–Crippen MR) is 168 cm³/mol. The lowest BCUT2D eigenvalue weighted by molar-refractivity contribution is -0.142. The molecule has 2 aromatic carbocycles. The molecule has 0 saturated carbocycles. The topological polar surface area (TPSA) is 285 Å². The van der Waals surface area contributed by atoms with Crippen LogP contribution in [0.3, 0.4) is 0 Å². The lowest BCUT2D eigenvalue weighted by Gasteiger charge is -2.25. The van der Waals surface area contributed by atoms with Gasteiger partial charge >= 0.3 is 5.97 Å². The Morgan fingerprint density at radius 1 is 0.739 bits per heavy atom. The van der Waals surface area contributed by atoms with E-state index in [4.69, 9.17) is 17.2 Å². The van der Waals surface area contributed by atoms with Crippen LogP contribution in [0.1, 0.15) is 30.9 Å². The van der Waals surface area contributed by atoms with Gasteiger partial charge in [-0.2, -0.15) is 0 Å². The molecule has 13 N–H and O–H groups in total. The SMILES string of the molecule is C[C@H](N)C(=O)N[C@@H](Cc1ccccc1)C(=O)N[C@@H](CO)C(=O)N[C@@H](CCCN=C(N)N)C(=O)N[C@@H](Cc1ccc(O)cc1)C(=O)O. The number of hydrogen-bond donors (Lipinski definition) is 10. The molecule has 0 heterocycles. The number of aromatic hydroxyl groups is 1. The number of nitrogens with zero attached hydrogens (tertiary/aromatic N) is 1. The summed E-state index contributed by atoms with van der Waals surface area (Å²) in [6.45, 7) is 0.672. The first kappa shape index (κ1) is 37.0. The molecule has 0 bridgehead atoms. The van der Waals surface area contributed by atoms with Crippen LogP contribution in [0.25, 0.3) is 0 Å². The zero-order valence-corrected chi connectivity index (χ0v) is 25.4. The molecule has 2 rings (SSSR count). The number of carbonyl (C=O) groups is 5. The number of hydrogen-bond acceptors (Lipinski definition) is 9. The standard InChI is InChI=1S/C30H42N8O8/c1-17(31)25(41)36-22(14-18-6-3-2-4-7-18)27(43)38-24(16-39)28(44)35-21(8-5-13-34-30(32)33)26(42)37-23(29(45)46)15-19-9-11-20(40)12-10-19/h2-4,6-7,9-12,17,21-24,39-40H,5,8,13-16,31H2,1H3,(H,35,44)(H,36,41)(H,37,42)(H,38,43)(H,45,46)(H4,32,33,34)/t17-,21-,22-,23-,24-/m0/s1. The third kappa shape index (κ3) is 12.8. The highest BCUT2D eigenvalue weighted by Gasteiger charge is 2.31. The van der Waals surface area contributed by atoms with Gasteiger partial charge < -0.3 is 53.8 Å². The number of aliphatic hydroxyl groups is 1. The van der Waals surface area contributed by atoms with Gasteiger partial charge in [0.05, 0.1) is 12.6 Å². The highest BCUT2D eigenvalue weighted by Crippen LogP contribution is 2.12. The Morgan fingerprint density at radius 2 is 1.24 bits per heavy atom. The molecule has 0 aliphatic rings. The Kier molecular flexibility index (Phi) is 14.9. The van der Waals surface area contributed by atoms with Crippen molar-refractivity contribution in [3.63, 3.8) is 0 Å². The van der Waals surface area contributed by atoms with Gasteiger partial charge in [-0.1, -0.05) is 42.5 Å². The van der Waals surface area contributed by atoms with E-state index < -0.39 is 66.4 Å². The molecule has 0 saturated heterocycles. The summed E-state index contributed by atoms with van der Waals surface area (Å²) in [5.74, 6) is -4.74. The van der Waals surface area contributed by atoms with E-state index >= 15 is 0 Å². The summed E-state index contributed by atoms with van der Waals surface area (Å²) >= 11 is 0. The average Bonchev–Trinajstić information content (AvgIpc) is 3.01. The largest absolute Gasteiger partial charge is 0.508 e. The Balaban J connectivity index is 2.20. The van der Waals surface area contributed by atoms with Crippen LogP contribution >= 0.6 is 0 Å². The van der Waals surface area contributed by atoms with E-state index in [9.17, 15) is 39.3 Å². The molecule has 16 heteroatoms. The van der Waals surface area contributed by atoms with E-state index in [0.29, 0.717) is 11.1 Å². The van der Waals surface area contributed by atoms with Crippen molar-refractivity contribution in [2.24, 2.45) is 22.2 Å². The van der Waals surface area contributed by atoms with Gasteiger partial charge in [0.15, 0.2) is 5.96 Å². The molecule has 0 spiro atoms.